The molecule has 11 heteroatoms. The van der Waals surface area contributed by atoms with Crippen molar-refractivity contribution in [3.8, 4) is 16.9 Å². The number of anilines is 2. The number of hydrogen-bond acceptors (Lipinski definition) is 6. The quantitative estimate of drug-likeness (QED) is 0.239. The third-order valence-corrected chi connectivity index (χ3v) is 6.05. The average molecular weight is 527 g/mol. The van der Waals surface area contributed by atoms with E-state index in [0.717, 1.165) is 5.56 Å². The molecule has 190 valence electrons. The van der Waals surface area contributed by atoms with Gasteiger partial charge in [0.1, 0.15) is 11.6 Å². The molecule has 2 amide bonds. The van der Waals surface area contributed by atoms with E-state index < -0.39 is 5.91 Å². The van der Waals surface area contributed by atoms with E-state index in [-0.39, 0.29) is 22.2 Å². The number of nitrogens with zero attached hydrogens (tertiary/aromatic N) is 4. The van der Waals surface area contributed by atoms with Crippen LogP contribution in [0.5, 0.6) is 0 Å². The zero-order chi connectivity index (χ0) is 26.5. The van der Waals surface area contributed by atoms with Gasteiger partial charge in [0, 0.05) is 24.4 Å². The monoisotopic (exact) mass is 526 g/mol. The lowest BCUT2D eigenvalue weighted by Crippen LogP contribution is -2.26. The van der Waals surface area contributed by atoms with Gasteiger partial charge in [0.05, 0.1) is 28.2 Å². The largest absolute Gasteiger partial charge is 0.384 e. The Kier molecular flexibility index (Phi) is 7.14. The van der Waals surface area contributed by atoms with Crippen molar-refractivity contribution in [1.29, 1.82) is 0 Å². The van der Waals surface area contributed by atoms with Gasteiger partial charge in [-0.05, 0) is 48.4 Å². The molecule has 0 bridgehead atoms. The van der Waals surface area contributed by atoms with Gasteiger partial charge in [0.15, 0.2) is 5.69 Å². The molecule has 0 radical (unpaired) electrons. The van der Waals surface area contributed by atoms with Crippen molar-refractivity contribution in [2.75, 3.05) is 17.6 Å². The maximum Gasteiger partial charge on any atom is 0.271 e. The van der Waals surface area contributed by atoms with Gasteiger partial charge in [-0.1, -0.05) is 41.9 Å². The third-order valence-electron chi connectivity index (χ3n) is 5.72. The van der Waals surface area contributed by atoms with E-state index in [1.807, 2.05) is 30.3 Å². The first-order valence-corrected chi connectivity index (χ1v) is 12.1. The number of nitrogens with two attached hydrogens (primary N) is 1. The maximum absolute atomic E-state index is 13.4. The standard InChI is InChI=1S/C27H23ClN8O2/c28-21-10-9-18(22-7-4-8-24(29)33-22)13-20(21)26(37)34-25-14-23(35-36(25)19-5-2-1-3-6-19)27(38)30-12-11-17-15-31-32-16-17/h1-10,13-16H,11-12H2,(H2,29,33)(H,30,38)(H,31,32)(H,34,37). The Balaban J connectivity index is 1.41. The van der Waals surface area contributed by atoms with Crippen LogP contribution < -0.4 is 16.4 Å². The van der Waals surface area contributed by atoms with Gasteiger partial charge < -0.3 is 16.4 Å². The highest BCUT2D eigenvalue weighted by Gasteiger charge is 2.19. The maximum atomic E-state index is 13.4. The summed E-state index contributed by atoms with van der Waals surface area (Å²) in [5.41, 5.74) is 9.14. The van der Waals surface area contributed by atoms with E-state index in [1.165, 1.54) is 10.7 Å². The number of hydrogen-bond donors (Lipinski definition) is 4. The van der Waals surface area contributed by atoms with Gasteiger partial charge in [0.25, 0.3) is 11.8 Å². The summed E-state index contributed by atoms with van der Waals surface area (Å²) in [6.07, 6.45) is 4.08. The Bertz CT molecular complexity index is 1580. The highest BCUT2D eigenvalue weighted by Crippen LogP contribution is 2.26. The predicted octanol–water partition coefficient (Wildman–Crippen LogP) is 4.12. The first kappa shape index (κ1) is 24.7. The van der Waals surface area contributed by atoms with Crippen LogP contribution >= 0.6 is 11.6 Å². The van der Waals surface area contributed by atoms with E-state index >= 15 is 0 Å². The molecule has 0 aliphatic rings. The number of pyridine rings is 1. The smallest absolute Gasteiger partial charge is 0.271 e. The van der Waals surface area contributed by atoms with Crippen LogP contribution in [0.15, 0.2) is 85.2 Å². The number of amides is 2. The number of aromatic amines is 1. The van der Waals surface area contributed by atoms with E-state index in [4.69, 9.17) is 17.3 Å². The van der Waals surface area contributed by atoms with Crippen LogP contribution in [0.25, 0.3) is 16.9 Å². The molecule has 0 saturated carbocycles. The lowest BCUT2D eigenvalue weighted by Gasteiger charge is -2.11. The highest BCUT2D eigenvalue weighted by molar-refractivity contribution is 6.34. The van der Waals surface area contributed by atoms with Crippen LogP contribution in [-0.4, -0.2) is 43.3 Å². The Morgan fingerprint density at radius 3 is 2.61 bits per heavy atom. The molecule has 0 atom stereocenters. The first-order valence-electron chi connectivity index (χ1n) is 11.7. The summed E-state index contributed by atoms with van der Waals surface area (Å²) in [4.78, 5) is 30.5. The molecule has 10 nitrogen and oxygen atoms in total. The minimum atomic E-state index is -0.468. The molecule has 0 aliphatic carbocycles. The van der Waals surface area contributed by atoms with Gasteiger partial charge in [0.2, 0.25) is 0 Å². The fourth-order valence-electron chi connectivity index (χ4n) is 3.83. The van der Waals surface area contributed by atoms with E-state index in [2.05, 4.69) is 30.9 Å². The zero-order valence-corrected chi connectivity index (χ0v) is 20.8. The Hall–Kier alpha value is -4.96. The lowest BCUT2D eigenvalue weighted by atomic mass is 10.1. The number of benzene rings is 2. The van der Waals surface area contributed by atoms with Crippen molar-refractivity contribution in [2.45, 2.75) is 6.42 Å². The van der Waals surface area contributed by atoms with Crippen molar-refractivity contribution in [3.63, 3.8) is 0 Å². The summed E-state index contributed by atoms with van der Waals surface area (Å²) in [7, 11) is 0. The van der Waals surface area contributed by atoms with Crippen molar-refractivity contribution in [3.05, 3.63) is 107 Å². The number of aromatic nitrogens is 5. The van der Waals surface area contributed by atoms with E-state index in [0.29, 0.717) is 41.5 Å². The van der Waals surface area contributed by atoms with Gasteiger partial charge >= 0.3 is 0 Å². The summed E-state index contributed by atoms with van der Waals surface area (Å²) in [6, 6.07) is 21.0. The molecule has 0 spiro atoms. The molecule has 5 N–H and O–H groups in total. The number of halogens is 1. The normalized spacial score (nSPS) is 10.8. The number of para-hydroxylation sites is 1. The van der Waals surface area contributed by atoms with Gasteiger partial charge in [-0.3, -0.25) is 14.7 Å². The number of rotatable bonds is 8. The molecule has 3 heterocycles. The first-order chi connectivity index (χ1) is 18.5. The molecule has 0 fully saturated rings. The number of carbonyl (C=O) groups is 2. The number of H-pyrrole nitrogens is 1. The molecule has 38 heavy (non-hydrogen) atoms. The summed E-state index contributed by atoms with van der Waals surface area (Å²) < 4.78 is 1.50. The fourth-order valence-corrected chi connectivity index (χ4v) is 4.03. The molecule has 0 aliphatic heterocycles. The summed E-state index contributed by atoms with van der Waals surface area (Å²) in [6.45, 7) is 0.401. The second-order valence-corrected chi connectivity index (χ2v) is 8.78. The summed E-state index contributed by atoms with van der Waals surface area (Å²) in [5, 5.41) is 17.1. The van der Waals surface area contributed by atoms with Crippen LogP contribution in [-0.2, 0) is 6.42 Å². The predicted molar refractivity (Wildman–Crippen MR) is 145 cm³/mol. The molecule has 0 saturated heterocycles. The van der Waals surface area contributed by atoms with Gasteiger partial charge in [-0.2, -0.15) is 10.2 Å². The molecule has 5 aromatic rings. The topological polar surface area (TPSA) is 144 Å². The highest BCUT2D eigenvalue weighted by atomic mass is 35.5. The van der Waals surface area contributed by atoms with Crippen molar-refractivity contribution in [1.82, 2.24) is 30.3 Å². The molecular formula is C27H23ClN8O2. The van der Waals surface area contributed by atoms with Gasteiger partial charge in [-0.15, -0.1) is 0 Å². The minimum Gasteiger partial charge on any atom is -0.384 e. The van der Waals surface area contributed by atoms with Gasteiger partial charge in [-0.25, -0.2) is 9.67 Å². The zero-order valence-electron chi connectivity index (χ0n) is 20.1. The van der Waals surface area contributed by atoms with Crippen LogP contribution in [0, 0.1) is 0 Å². The SMILES string of the molecule is Nc1cccc(-c2ccc(Cl)c(C(=O)Nc3cc(C(=O)NCCc4cn[nH]c4)nn3-c3ccccc3)c2)n1. The van der Waals surface area contributed by atoms with E-state index in [1.54, 1.807) is 48.8 Å². The summed E-state index contributed by atoms with van der Waals surface area (Å²) >= 11 is 6.39. The Labute approximate surface area is 222 Å². The number of carbonyl (C=O) groups excluding carboxylic acids is 2. The van der Waals surface area contributed by atoms with Crippen LogP contribution in [0.1, 0.15) is 26.4 Å². The second kappa shape index (κ2) is 11.0. The van der Waals surface area contributed by atoms with E-state index in [9.17, 15) is 9.59 Å². The minimum absolute atomic E-state index is 0.153. The Morgan fingerprint density at radius 1 is 1.00 bits per heavy atom. The molecule has 2 aromatic carbocycles. The average Bonchev–Trinajstić information content (AvgIpc) is 3.60. The Morgan fingerprint density at radius 2 is 1.84 bits per heavy atom. The lowest BCUT2D eigenvalue weighted by molar-refractivity contribution is 0.0947. The van der Waals surface area contributed by atoms with Crippen molar-refractivity contribution in [2.24, 2.45) is 0 Å². The van der Waals surface area contributed by atoms with Crippen LogP contribution in [0.4, 0.5) is 11.6 Å². The van der Waals surface area contributed by atoms with Crippen molar-refractivity contribution < 1.29 is 9.59 Å². The summed E-state index contributed by atoms with van der Waals surface area (Å²) in [5.74, 6) is -0.160. The van der Waals surface area contributed by atoms with Crippen LogP contribution in [0.2, 0.25) is 5.02 Å². The molecular weight excluding hydrogens is 504 g/mol. The third kappa shape index (κ3) is 5.55. The second-order valence-electron chi connectivity index (χ2n) is 8.37. The van der Waals surface area contributed by atoms with Crippen molar-refractivity contribution >= 4 is 35.1 Å². The molecule has 3 aromatic heterocycles. The fraction of sp³-hybridized carbons (Fsp3) is 0.0741. The van der Waals surface area contributed by atoms with Crippen LogP contribution in [0.3, 0.4) is 0 Å². The number of nitrogen functional groups attached to an aromatic ring is 1. The molecule has 5 rings (SSSR count). The number of nitrogens with one attached hydrogen (secondary N) is 3. The molecule has 0 unspecified atom stereocenters.